The van der Waals surface area contributed by atoms with Gasteiger partial charge in [-0.05, 0) is 41.8 Å². The van der Waals surface area contributed by atoms with Gasteiger partial charge in [0.25, 0.3) is 0 Å². The van der Waals surface area contributed by atoms with E-state index in [1.165, 1.54) is 16.7 Å². The normalized spacial score (nSPS) is 11.2. The lowest BCUT2D eigenvalue weighted by atomic mass is 10.1. The molecule has 5 heteroatoms. The molecule has 0 atom stereocenters. The van der Waals surface area contributed by atoms with Crippen LogP contribution in [-0.4, -0.2) is 14.5 Å². The van der Waals surface area contributed by atoms with Crippen molar-refractivity contribution in [3.63, 3.8) is 0 Å². The maximum absolute atomic E-state index is 6.02. The van der Waals surface area contributed by atoms with Crippen LogP contribution in [0.25, 0.3) is 11.0 Å². The molecule has 3 nitrogen and oxygen atoms in total. The molecular formula is C21H18ClN3S. The summed E-state index contributed by atoms with van der Waals surface area (Å²) in [5.41, 5.74) is 5.86. The van der Waals surface area contributed by atoms with Crippen molar-refractivity contribution < 1.29 is 0 Å². The third kappa shape index (κ3) is 3.62. The number of nitrogens with zero attached hydrogens (tertiary/aromatic N) is 3. The monoisotopic (exact) mass is 379 g/mol. The van der Waals surface area contributed by atoms with Crippen LogP contribution in [0.1, 0.15) is 16.7 Å². The highest BCUT2D eigenvalue weighted by Gasteiger charge is 2.12. The molecule has 0 saturated carbocycles. The third-order valence-electron chi connectivity index (χ3n) is 4.39. The van der Waals surface area contributed by atoms with Crippen molar-refractivity contribution in [1.29, 1.82) is 0 Å². The van der Waals surface area contributed by atoms with Crippen molar-refractivity contribution in [2.45, 2.75) is 24.4 Å². The fourth-order valence-electron chi connectivity index (χ4n) is 2.90. The van der Waals surface area contributed by atoms with Gasteiger partial charge in [0.05, 0.1) is 23.8 Å². The fraction of sp³-hybridized carbons (Fsp3) is 0.143. The van der Waals surface area contributed by atoms with E-state index in [1.54, 1.807) is 18.0 Å². The summed E-state index contributed by atoms with van der Waals surface area (Å²) < 4.78 is 2.23. The number of thioether (sulfide) groups is 1. The van der Waals surface area contributed by atoms with E-state index in [-0.39, 0.29) is 0 Å². The number of imidazole rings is 1. The molecule has 0 saturated heterocycles. The zero-order chi connectivity index (χ0) is 17.9. The number of rotatable bonds is 5. The molecular weight excluding hydrogens is 362 g/mol. The summed E-state index contributed by atoms with van der Waals surface area (Å²) >= 11 is 7.78. The first-order chi connectivity index (χ1) is 12.7. The lowest BCUT2D eigenvalue weighted by Gasteiger charge is -2.10. The second-order valence-electron chi connectivity index (χ2n) is 6.19. The summed E-state index contributed by atoms with van der Waals surface area (Å²) in [7, 11) is 0. The molecule has 0 N–H and O–H groups in total. The highest BCUT2D eigenvalue weighted by molar-refractivity contribution is 7.98. The van der Waals surface area contributed by atoms with Crippen molar-refractivity contribution in [2.75, 3.05) is 0 Å². The van der Waals surface area contributed by atoms with E-state index >= 15 is 0 Å². The predicted octanol–water partition coefficient (Wildman–Crippen LogP) is 5.73. The smallest absolute Gasteiger partial charge is 0.169 e. The molecule has 0 spiro atoms. The van der Waals surface area contributed by atoms with E-state index in [2.05, 4.69) is 52.9 Å². The quantitative estimate of drug-likeness (QED) is 0.414. The molecule has 2 heterocycles. The third-order valence-corrected chi connectivity index (χ3v) is 5.66. The molecule has 130 valence electrons. The van der Waals surface area contributed by atoms with Crippen molar-refractivity contribution in [3.8, 4) is 0 Å². The maximum Gasteiger partial charge on any atom is 0.169 e. The fourth-order valence-corrected chi connectivity index (χ4v) is 4.11. The Morgan fingerprint density at radius 3 is 2.65 bits per heavy atom. The Morgan fingerprint density at radius 2 is 1.85 bits per heavy atom. The number of aromatic nitrogens is 3. The average Bonchev–Trinajstić information content (AvgIpc) is 3.00. The van der Waals surface area contributed by atoms with Crippen molar-refractivity contribution in [1.82, 2.24) is 14.5 Å². The van der Waals surface area contributed by atoms with E-state index in [0.29, 0.717) is 0 Å². The molecule has 0 bridgehead atoms. The van der Waals surface area contributed by atoms with Gasteiger partial charge in [0, 0.05) is 17.0 Å². The highest BCUT2D eigenvalue weighted by atomic mass is 35.5. The van der Waals surface area contributed by atoms with E-state index < -0.39 is 0 Å². The molecule has 0 aliphatic rings. The number of halogens is 1. The summed E-state index contributed by atoms with van der Waals surface area (Å²) in [6, 6.07) is 18.4. The van der Waals surface area contributed by atoms with Crippen molar-refractivity contribution in [2.24, 2.45) is 0 Å². The molecule has 0 radical (unpaired) electrons. The summed E-state index contributed by atoms with van der Waals surface area (Å²) in [4.78, 5) is 9.11. The zero-order valence-electron chi connectivity index (χ0n) is 14.4. The number of hydrogen-bond acceptors (Lipinski definition) is 3. The Kier molecular flexibility index (Phi) is 4.96. The molecule has 4 rings (SSSR count). The average molecular weight is 380 g/mol. The van der Waals surface area contributed by atoms with Crippen LogP contribution in [0, 0.1) is 6.92 Å². The summed E-state index contributed by atoms with van der Waals surface area (Å²) in [6.07, 6.45) is 3.67. The van der Waals surface area contributed by atoms with Crippen LogP contribution in [0.3, 0.4) is 0 Å². The Balaban J connectivity index is 1.67. The van der Waals surface area contributed by atoms with Crippen LogP contribution in [-0.2, 0) is 12.3 Å². The lowest BCUT2D eigenvalue weighted by Crippen LogP contribution is -2.02. The molecule has 0 fully saturated rings. The van der Waals surface area contributed by atoms with Gasteiger partial charge in [0.1, 0.15) is 0 Å². The van der Waals surface area contributed by atoms with Gasteiger partial charge in [-0.3, -0.25) is 4.98 Å². The second kappa shape index (κ2) is 7.52. The minimum Gasteiger partial charge on any atom is -0.313 e. The van der Waals surface area contributed by atoms with E-state index in [1.807, 2.05) is 24.4 Å². The first-order valence-electron chi connectivity index (χ1n) is 8.43. The van der Waals surface area contributed by atoms with Gasteiger partial charge in [-0.2, -0.15) is 0 Å². The SMILES string of the molecule is Cc1ccccc1CSc1nc2ccncc2n1Cc1ccc(Cl)cc1. The lowest BCUT2D eigenvalue weighted by molar-refractivity contribution is 0.730. The van der Waals surface area contributed by atoms with E-state index in [9.17, 15) is 0 Å². The molecule has 0 aliphatic heterocycles. The van der Waals surface area contributed by atoms with Crippen molar-refractivity contribution >= 4 is 34.4 Å². The Bertz CT molecular complexity index is 1040. The molecule has 2 aromatic heterocycles. The largest absolute Gasteiger partial charge is 0.313 e. The van der Waals surface area contributed by atoms with Crippen LogP contribution in [0.5, 0.6) is 0 Å². The number of fused-ring (bicyclic) bond motifs is 1. The van der Waals surface area contributed by atoms with Crippen LogP contribution >= 0.6 is 23.4 Å². The zero-order valence-corrected chi connectivity index (χ0v) is 16.0. The van der Waals surface area contributed by atoms with E-state index in [0.717, 1.165) is 33.5 Å². The number of aryl methyl sites for hydroxylation is 1. The standard InChI is InChI=1S/C21H18ClN3S/c1-15-4-2-3-5-17(15)14-26-21-24-19-10-11-23-12-20(19)25(21)13-16-6-8-18(22)9-7-16/h2-12H,13-14H2,1H3. The Labute approximate surface area is 162 Å². The van der Waals surface area contributed by atoms with Crippen LogP contribution in [0.2, 0.25) is 5.02 Å². The van der Waals surface area contributed by atoms with Gasteiger partial charge in [-0.25, -0.2) is 4.98 Å². The van der Waals surface area contributed by atoms with Gasteiger partial charge in [0.15, 0.2) is 5.16 Å². The minimum atomic E-state index is 0.746. The number of hydrogen-bond donors (Lipinski definition) is 0. The Morgan fingerprint density at radius 1 is 1.04 bits per heavy atom. The topological polar surface area (TPSA) is 30.7 Å². The first kappa shape index (κ1) is 17.1. The van der Waals surface area contributed by atoms with Crippen LogP contribution in [0.15, 0.2) is 72.1 Å². The Hall–Kier alpha value is -2.30. The minimum absolute atomic E-state index is 0.746. The number of benzene rings is 2. The van der Waals surface area contributed by atoms with Gasteiger partial charge < -0.3 is 4.57 Å². The molecule has 4 aromatic rings. The van der Waals surface area contributed by atoms with Crippen LogP contribution < -0.4 is 0 Å². The maximum atomic E-state index is 6.02. The summed E-state index contributed by atoms with van der Waals surface area (Å²) in [6.45, 7) is 2.89. The summed E-state index contributed by atoms with van der Waals surface area (Å²) in [5, 5.41) is 1.76. The number of pyridine rings is 1. The van der Waals surface area contributed by atoms with Crippen molar-refractivity contribution in [3.05, 3.63) is 88.7 Å². The summed E-state index contributed by atoms with van der Waals surface area (Å²) in [5.74, 6) is 0.893. The van der Waals surface area contributed by atoms with Gasteiger partial charge in [-0.15, -0.1) is 0 Å². The van der Waals surface area contributed by atoms with Gasteiger partial charge in [-0.1, -0.05) is 59.8 Å². The molecule has 0 unspecified atom stereocenters. The molecule has 2 aromatic carbocycles. The molecule has 26 heavy (non-hydrogen) atoms. The van der Waals surface area contributed by atoms with Gasteiger partial charge in [0.2, 0.25) is 0 Å². The second-order valence-corrected chi connectivity index (χ2v) is 7.57. The van der Waals surface area contributed by atoms with E-state index in [4.69, 9.17) is 16.6 Å². The first-order valence-corrected chi connectivity index (χ1v) is 9.79. The molecule has 0 amide bonds. The van der Waals surface area contributed by atoms with Crippen LogP contribution in [0.4, 0.5) is 0 Å². The van der Waals surface area contributed by atoms with Gasteiger partial charge >= 0.3 is 0 Å². The molecule has 0 aliphatic carbocycles. The highest BCUT2D eigenvalue weighted by Crippen LogP contribution is 2.28. The predicted molar refractivity (Wildman–Crippen MR) is 109 cm³/mol.